The minimum atomic E-state index is -0.523. The number of rotatable bonds is 8. The maximum atomic E-state index is 12.5. The van der Waals surface area contributed by atoms with Gasteiger partial charge in [0, 0.05) is 24.7 Å². The Morgan fingerprint density at radius 1 is 1.06 bits per heavy atom. The first-order valence-electron chi connectivity index (χ1n) is 9.84. The molecule has 2 aromatic carbocycles. The Kier molecular flexibility index (Phi) is 7.61. The first-order chi connectivity index (χ1) is 15.4. The molecular formula is C22H23N5O4S. The van der Waals surface area contributed by atoms with Crippen LogP contribution in [0.3, 0.4) is 0 Å². The highest BCUT2D eigenvalue weighted by molar-refractivity contribution is 7.99. The molecule has 9 nitrogen and oxygen atoms in total. The van der Waals surface area contributed by atoms with Crippen molar-refractivity contribution in [1.82, 2.24) is 14.8 Å². The van der Waals surface area contributed by atoms with Gasteiger partial charge >= 0.3 is 5.97 Å². The van der Waals surface area contributed by atoms with E-state index in [-0.39, 0.29) is 23.1 Å². The van der Waals surface area contributed by atoms with Crippen LogP contribution in [0, 0.1) is 0 Å². The molecule has 3 aromatic rings. The molecule has 0 bridgehead atoms. The number of ether oxygens (including phenoxy) is 1. The number of esters is 1. The summed E-state index contributed by atoms with van der Waals surface area (Å²) >= 11 is 1.24. The molecule has 0 saturated heterocycles. The summed E-state index contributed by atoms with van der Waals surface area (Å²) in [4.78, 5) is 35.7. The summed E-state index contributed by atoms with van der Waals surface area (Å²) in [6.45, 7) is 4.01. The average molecular weight is 454 g/mol. The van der Waals surface area contributed by atoms with Crippen LogP contribution < -0.4 is 10.6 Å². The SMILES string of the molecule is CCn1c(SCC(=O)Nc2ccccc2C(=O)OC)nnc1-c1cccc(NC(C)=O)c1. The highest BCUT2D eigenvalue weighted by Crippen LogP contribution is 2.26. The molecule has 0 spiro atoms. The monoisotopic (exact) mass is 453 g/mol. The van der Waals surface area contributed by atoms with Crippen LogP contribution in [0.2, 0.25) is 0 Å². The van der Waals surface area contributed by atoms with Crippen LogP contribution in [0.5, 0.6) is 0 Å². The predicted octanol–water partition coefficient (Wildman–Crippen LogP) is 3.44. The van der Waals surface area contributed by atoms with Gasteiger partial charge in [0.1, 0.15) is 0 Å². The molecule has 32 heavy (non-hydrogen) atoms. The van der Waals surface area contributed by atoms with Crippen LogP contribution in [0.25, 0.3) is 11.4 Å². The Morgan fingerprint density at radius 3 is 2.56 bits per heavy atom. The van der Waals surface area contributed by atoms with Crippen molar-refractivity contribution in [1.29, 1.82) is 0 Å². The lowest BCUT2D eigenvalue weighted by Gasteiger charge is -2.10. The molecule has 2 amide bonds. The van der Waals surface area contributed by atoms with Gasteiger partial charge < -0.3 is 19.9 Å². The quantitative estimate of drug-likeness (QED) is 0.396. The minimum absolute atomic E-state index is 0.0829. The van der Waals surface area contributed by atoms with Gasteiger partial charge in [-0.3, -0.25) is 9.59 Å². The van der Waals surface area contributed by atoms with Gasteiger partial charge in [0.15, 0.2) is 11.0 Å². The van der Waals surface area contributed by atoms with Crippen molar-refractivity contribution >= 4 is 40.9 Å². The Hall–Kier alpha value is -3.66. The second-order valence-corrected chi connectivity index (χ2v) is 7.63. The van der Waals surface area contributed by atoms with Crippen LogP contribution >= 0.6 is 11.8 Å². The Labute approximate surface area is 189 Å². The van der Waals surface area contributed by atoms with E-state index in [1.54, 1.807) is 30.3 Å². The first-order valence-corrected chi connectivity index (χ1v) is 10.8. The molecule has 0 aliphatic rings. The van der Waals surface area contributed by atoms with Gasteiger partial charge in [-0.1, -0.05) is 36.0 Å². The number of carbonyl (C=O) groups excluding carboxylic acids is 3. The van der Waals surface area contributed by atoms with E-state index in [1.807, 2.05) is 29.7 Å². The number of carbonyl (C=O) groups is 3. The smallest absolute Gasteiger partial charge is 0.339 e. The van der Waals surface area contributed by atoms with Gasteiger partial charge in [-0.25, -0.2) is 4.79 Å². The summed E-state index contributed by atoms with van der Waals surface area (Å²) in [7, 11) is 1.29. The summed E-state index contributed by atoms with van der Waals surface area (Å²) in [5.41, 5.74) is 2.14. The van der Waals surface area contributed by atoms with E-state index in [0.29, 0.717) is 28.9 Å². The van der Waals surface area contributed by atoms with Crippen molar-refractivity contribution < 1.29 is 19.1 Å². The fourth-order valence-electron chi connectivity index (χ4n) is 3.03. The molecule has 0 aliphatic carbocycles. The van der Waals surface area contributed by atoms with E-state index in [0.717, 1.165) is 5.56 Å². The fourth-order valence-corrected chi connectivity index (χ4v) is 3.83. The van der Waals surface area contributed by atoms with Crippen molar-refractivity contribution in [3.8, 4) is 11.4 Å². The molecule has 1 aromatic heterocycles. The second-order valence-electron chi connectivity index (χ2n) is 6.69. The van der Waals surface area contributed by atoms with Crippen molar-refractivity contribution in [2.75, 3.05) is 23.5 Å². The van der Waals surface area contributed by atoms with Crippen LogP contribution in [-0.4, -0.2) is 45.4 Å². The van der Waals surface area contributed by atoms with Crippen LogP contribution in [-0.2, 0) is 20.9 Å². The predicted molar refractivity (Wildman–Crippen MR) is 123 cm³/mol. The number of thioether (sulfide) groups is 1. The molecule has 0 saturated carbocycles. The average Bonchev–Trinajstić information content (AvgIpc) is 3.20. The maximum absolute atomic E-state index is 12.5. The number of hydrogen-bond donors (Lipinski definition) is 2. The first kappa shape index (κ1) is 23.0. The van der Waals surface area contributed by atoms with Gasteiger partial charge in [0.05, 0.1) is 24.1 Å². The molecule has 0 fully saturated rings. The van der Waals surface area contributed by atoms with E-state index in [1.165, 1.54) is 25.8 Å². The normalized spacial score (nSPS) is 10.5. The van der Waals surface area contributed by atoms with Crippen LogP contribution in [0.15, 0.2) is 53.7 Å². The summed E-state index contributed by atoms with van der Waals surface area (Å²) in [5.74, 6) is -0.245. The lowest BCUT2D eigenvalue weighted by atomic mass is 10.2. The van der Waals surface area contributed by atoms with E-state index >= 15 is 0 Å². The third-order valence-corrected chi connectivity index (χ3v) is 5.38. The molecular weight excluding hydrogens is 430 g/mol. The second kappa shape index (κ2) is 10.6. The number of amides is 2. The van der Waals surface area contributed by atoms with Crippen molar-refractivity contribution in [3.05, 3.63) is 54.1 Å². The standard InChI is InChI=1S/C22H23N5O4S/c1-4-27-20(15-8-7-9-16(12-15)23-14(2)28)25-26-22(27)32-13-19(29)24-18-11-6-5-10-17(18)21(30)31-3/h5-12H,4,13H2,1-3H3,(H,23,28)(H,24,29). The molecule has 1 heterocycles. The largest absolute Gasteiger partial charge is 0.465 e. The Morgan fingerprint density at radius 2 is 1.84 bits per heavy atom. The molecule has 0 unspecified atom stereocenters. The lowest BCUT2D eigenvalue weighted by molar-refractivity contribution is -0.114. The molecule has 0 aliphatic heterocycles. The van der Waals surface area contributed by atoms with Gasteiger partial charge in [-0.05, 0) is 31.2 Å². The number of nitrogens with zero attached hydrogens (tertiary/aromatic N) is 3. The molecule has 3 rings (SSSR count). The van der Waals surface area contributed by atoms with E-state index in [4.69, 9.17) is 4.74 Å². The molecule has 166 valence electrons. The van der Waals surface area contributed by atoms with Gasteiger partial charge in [-0.15, -0.1) is 10.2 Å². The lowest BCUT2D eigenvalue weighted by Crippen LogP contribution is -2.17. The summed E-state index contributed by atoms with van der Waals surface area (Å²) in [5, 5.41) is 14.6. The Balaban J connectivity index is 1.72. The van der Waals surface area contributed by atoms with Crippen molar-refractivity contribution in [2.24, 2.45) is 0 Å². The zero-order valence-electron chi connectivity index (χ0n) is 17.9. The van der Waals surface area contributed by atoms with Crippen molar-refractivity contribution in [2.45, 2.75) is 25.5 Å². The van der Waals surface area contributed by atoms with E-state index in [2.05, 4.69) is 20.8 Å². The molecule has 2 N–H and O–H groups in total. The molecule has 10 heteroatoms. The van der Waals surface area contributed by atoms with Gasteiger partial charge in [-0.2, -0.15) is 0 Å². The molecule has 0 radical (unpaired) electrons. The van der Waals surface area contributed by atoms with Crippen LogP contribution in [0.4, 0.5) is 11.4 Å². The summed E-state index contributed by atoms with van der Waals surface area (Å²) < 4.78 is 6.65. The number of aromatic nitrogens is 3. The van der Waals surface area contributed by atoms with Gasteiger partial charge in [0.25, 0.3) is 0 Å². The zero-order valence-corrected chi connectivity index (χ0v) is 18.7. The minimum Gasteiger partial charge on any atom is -0.465 e. The highest BCUT2D eigenvalue weighted by Gasteiger charge is 2.17. The number of para-hydroxylation sites is 1. The van der Waals surface area contributed by atoms with Crippen molar-refractivity contribution in [3.63, 3.8) is 0 Å². The summed E-state index contributed by atoms with van der Waals surface area (Å²) in [6.07, 6.45) is 0. The Bertz CT molecular complexity index is 1140. The topological polar surface area (TPSA) is 115 Å². The van der Waals surface area contributed by atoms with E-state index in [9.17, 15) is 14.4 Å². The summed E-state index contributed by atoms with van der Waals surface area (Å²) in [6, 6.07) is 14.0. The maximum Gasteiger partial charge on any atom is 0.339 e. The number of nitrogens with one attached hydrogen (secondary N) is 2. The fraction of sp³-hybridized carbons (Fsp3) is 0.227. The van der Waals surface area contributed by atoms with Crippen LogP contribution in [0.1, 0.15) is 24.2 Å². The van der Waals surface area contributed by atoms with Gasteiger partial charge in [0.2, 0.25) is 11.8 Å². The third-order valence-electron chi connectivity index (χ3n) is 4.41. The highest BCUT2D eigenvalue weighted by atomic mass is 32.2. The number of anilines is 2. The van der Waals surface area contributed by atoms with E-state index < -0.39 is 5.97 Å². The molecule has 0 atom stereocenters. The number of methoxy groups -OCH3 is 1. The number of hydrogen-bond acceptors (Lipinski definition) is 7. The third kappa shape index (κ3) is 5.52. The zero-order chi connectivity index (χ0) is 23.1. The number of benzene rings is 2.